The van der Waals surface area contributed by atoms with Gasteiger partial charge in [0.25, 0.3) is 5.91 Å². The van der Waals surface area contributed by atoms with E-state index in [0.29, 0.717) is 17.2 Å². The van der Waals surface area contributed by atoms with E-state index < -0.39 is 0 Å². The van der Waals surface area contributed by atoms with Gasteiger partial charge in [-0.3, -0.25) is 4.79 Å². The van der Waals surface area contributed by atoms with Crippen molar-refractivity contribution in [3.63, 3.8) is 0 Å². The number of hydrogen-bond donors (Lipinski definition) is 1. The Labute approximate surface area is 128 Å². The van der Waals surface area contributed by atoms with Crippen LogP contribution in [0.25, 0.3) is 0 Å². The predicted octanol–water partition coefficient (Wildman–Crippen LogP) is 4.63. The summed E-state index contributed by atoms with van der Waals surface area (Å²) in [7, 11) is 0. The number of rotatable bonds is 4. The molecule has 4 heteroatoms. The van der Waals surface area contributed by atoms with Gasteiger partial charge in [-0.2, -0.15) is 0 Å². The van der Waals surface area contributed by atoms with Crippen LogP contribution in [0.15, 0.2) is 71.3 Å². The summed E-state index contributed by atoms with van der Waals surface area (Å²) < 4.78 is 10.9. The molecule has 2 aromatic carbocycles. The first-order valence-corrected chi connectivity index (χ1v) is 6.91. The third kappa shape index (κ3) is 3.17. The first kappa shape index (κ1) is 13.9. The highest BCUT2D eigenvalue weighted by atomic mass is 16.5. The van der Waals surface area contributed by atoms with Crippen LogP contribution in [0.1, 0.15) is 16.1 Å². The van der Waals surface area contributed by atoms with Crippen molar-refractivity contribution < 1.29 is 13.9 Å². The molecule has 0 saturated carbocycles. The van der Waals surface area contributed by atoms with E-state index in [-0.39, 0.29) is 11.7 Å². The summed E-state index contributed by atoms with van der Waals surface area (Å²) in [5.74, 6) is 1.23. The smallest absolute Gasteiger partial charge is 0.291 e. The molecule has 1 aromatic heterocycles. The van der Waals surface area contributed by atoms with Crippen LogP contribution >= 0.6 is 0 Å². The Morgan fingerprint density at radius 3 is 2.50 bits per heavy atom. The van der Waals surface area contributed by atoms with Crippen molar-refractivity contribution >= 4 is 11.6 Å². The van der Waals surface area contributed by atoms with Crippen molar-refractivity contribution in [3.05, 3.63) is 78.3 Å². The fourth-order valence-corrected chi connectivity index (χ4v) is 1.98. The molecule has 0 fully saturated rings. The summed E-state index contributed by atoms with van der Waals surface area (Å²) in [5, 5.41) is 2.79. The molecule has 0 radical (unpaired) electrons. The van der Waals surface area contributed by atoms with Crippen LogP contribution in [0.2, 0.25) is 0 Å². The molecular weight excluding hydrogens is 278 g/mol. The van der Waals surface area contributed by atoms with E-state index in [0.717, 1.165) is 5.56 Å². The number of carbonyl (C=O) groups is 1. The van der Waals surface area contributed by atoms with E-state index >= 15 is 0 Å². The van der Waals surface area contributed by atoms with Gasteiger partial charge in [0.2, 0.25) is 0 Å². The van der Waals surface area contributed by atoms with Gasteiger partial charge in [0, 0.05) is 0 Å². The second-order valence-electron chi connectivity index (χ2n) is 4.84. The number of benzene rings is 2. The predicted molar refractivity (Wildman–Crippen MR) is 84.4 cm³/mol. The minimum Gasteiger partial charge on any atom is -0.459 e. The van der Waals surface area contributed by atoms with Gasteiger partial charge in [0.15, 0.2) is 11.5 Å². The number of furan rings is 1. The molecule has 0 aliphatic rings. The van der Waals surface area contributed by atoms with Gasteiger partial charge in [0.1, 0.15) is 5.75 Å². The van der Waals surface area contributed by atoms with Crippen LogP contribution < -0.4 is 10.1 Å². The Morgan fingerprint density at radius 1 is 1.00 bits per heavy atom. The molecule has 4 nitrogen and oxygen atoms in total. The van der Waals surface area contributed by atoms with Crippen molar-refractivity contribution in [2.45, 2.75) is 6.92 Å². The number of nitrogens with one attached hydrogen (secondary N) is 1. The number of carbonyl (C=O) groups excluding carboxylic acids is 1. The van der Waals surface area contributed by atoms with Gasteiger partial charge < -0.3 is 14.5 Å². The van der Waals surface area contributed by atoms with Crippen molar-refractivity contribution in [1.82, 2.24) is 0 Å². The summed E-state index contributed by atoms with van der Waals surface area (Å²) in [6.45, 7) is 2.02. The van der Waals surface area contributed by atoms with Gasteiger partial charge in [-0.1, -0.05) is 29.8 Å². The fourth-order valence-electron chi connectivity index (χ4n) is 1.98. The third-order valence-corrected chi connectivity index (χ3v) is 3.13. The molecule has 1 amide bonds. The lowest BCUT2D eigenvalue weighted by Gasteiger charge is -2.11. The van der Waals surface area contributed by atoms with Crippen molar-refractivity contribution in [3.8, 4) is 11.5 Å². The zero-order valence-electron chi connectivity index (χ0n) is 12.1. The van der Waals surface area contributed by atoms with Gasteiger partial charge in [-0.05, 0) is 43.3 Å². The zero-order valence-corrected chi connectivity index (χ0v) is 12.1. The summed E-state index contributed by atoms with van der Waals surface area (Å²) >= 11 is 0. The first-order chi connectivity index (χ1) is 10.7. The molecule has 0 bridgehead atoms. The number of aryl methyl sites for hydroxylation is 1. The third-order valence-electron chi connectivity index (χ3n) is 3.13. The van der Waals surface area contributed by atoms with Crippen molar-refractivity contribution in [1.29, 1.82) is 0 Å². The van der Waals surface area contributed by atoms with Gasteiger partial charge in [-0.25, -0.2) is 0 Å². The molecule has 22 heavy (non-hydrogen) atoms. The molecule has 0 spiro atoms. The second kappa shape index (κ2) is 6.18. The van der Waals surface area contributed by atoms with Gasteiger partial charge in [-0.15, -0.1) is 0 Å². The first-order valence-electron chi connectivity index (χ1n) is 6.91. The molecule has 1 N–H and O–H groups in total. The average Bonchev–Trinajstić information content (AvgIpc) is 3.06. The summed E-state index contributed by atoms with van der Waals surface area (Å²) in [4.78, 5) is 12.1. The van der Waals surface area contributed by atoms with E-state index in [2.05, 4.69) is 5.32 Å². The molecule has 3 aromatic rings. The molecule has 3 rings (SSSR count). The van der Waals surface area contributed by atoms with Crippen LogP contribution in [0.4, 0.5) is 5.69 Å². The van der Waals surface area contributed by atoms with Crippen LogP contribution in [0, 0.1) is 6.92 Å². The van der Waals surface area contributed by atoms with Crippen molar-refractivity contribution in [2.24, 2.45) is 0 Å². The number of para-hydroxylation sites is 2. The lowest BCUT2D eigenvalue weighted by atomic mass is 10.2. The number of amides is 1. The molecule has 0 unspecified atom stereocenters. The van der Waals surface area contributed by atoms with Crippen LogP contribution in [-0.4, -0.2) is 5.91 Å². The molecule has 0 aliphatic heterocycles. The van der Waals surface area contributed by atoms with E-state index in [1.54, 1.807) is 24.3 Å². The molecule has 0 atom stereocenters. The summed E-state index contributed by atoms with van der Waals surface area (Å²) in [6.07, 6.45) is 1.46. The van der Waals surface area contributed by atoms with Crippen molar-refractivity contribution in [2.75, 3.05) is 5.32 Å². The molecule has 0 aliphatic carbocycles. The highest BCUT2D eigenvalue weighted by Crippen LogP contribution is 2.29. The lowest BCUT2D eigenvalue weighted by Crippen LogP contribution is -2.11. The zero-order chi connectivity index (χ0) is 15.4. The Morgan fingerprint density at radius 2 is 1.77 bits per heavy atom. The van der Waals surface area contributed by atoms with Crippen LogP contribution in [0.5, 0.6) is 11.5 Å². The monoisotopic (exact) mass is 293 g/mol. The van der Waals surface area contributed by atoms with Crippen LogP contribution in [0.3, 0.4) is 0 Å². The fraction of sp³-hybridized carbons (Fsp3) is 0.0556. The standard InChI is InChI=1S/C18H15NO3/c1-13-8-10-14(11-9-13)22-16-6-3-2-5-15(16)19-18(20)17-7-4-12-21-17/h2-12H,1H3,(H,19,20). The summed E-state index contributed by atoms with van der Waals surface area (Å²) in [6, 6.07) is 18.3. The quantitative estimate of drug-likeness (QED) is 0.762. The largest absolute Gasteiger partial charge is 0.459 e. The van der Waals surface area contributed by atoms with E-state index in [1.807, 2.05) is 43.3 Å². The number of hydrogen-bond acceptors (Lipinski definition) is 3. The van der Waals surface area contributed by atoms with Gasteiger partial charge >= 0.3 is 0 Å². The topological polar surface area (TPSA) is 51.5 Å². The number of anilines is 1. The second-order valence-corrected chi connectivity index (χ2v) is 4.84. The minimum absolute atomic E-state index is 0.255. The maximum absolute atomic E-state index is 12.1. The maximum atomic E-state index is 12.1. The van der Waals surface area contributed by atoms with Crippen LogP contribution in [-0.2, 0) is 0 Å². The Kier molecular flexibility index (Phi) is 3.92. The maximum Gasteiger partial charge on any atom is 0.291 e. The SMILES string of the molecule is Cc1ccc(Oc2ccccc2NC(=O)c2ccco2)cc1. The Bertz CT molecular complexity index is 761. The molecule has 110 valence electrons. The Hall–Kier alpha value is -3.01. The molecular formula is C18H15NO3. The average molecular weight is 293 g/mol. The minimum atomic E-state index is -0.315. The molecule has 0 saturated heterocycles. The molecule has 1 heterocycles. The highest BCUT2D eigenvalue weighted by Gasteiger charge is 2.12. The lowest BCUT2D eigenvalue weighted by molar-refractivity contribution is 0.0996. The van der Waals surface area contributed by atoms with Gasteiger partial charge in [0.05, 0.1) is 12.0 Å². The highest BCUT2D eigenvalue weighted by molar-refractivity contribution is 6.03. The Balaban J connectivity index is 1.80. The summed E-state index contributed by atoms with van der Waals surface area (Å²) in [5.41, 5.74) is 1.75. The number of ether oxygens (including phenoxy) is 1. The van der Waals surface area contributed by atoms with E-state index in [9.17, 15) is 4.79 Å². The van der Waals surface area contributed by atoms with E-state index in [1.165, 1.54) is 6.26 Å². The normalized spacial score (nSPS) is 10.2. The van der Waals surface area contributed by atoms with E-state index in [4.69, 9.17) is 9.15 Å².